The summed E-state index contributed by atoms with van der Waals surface area (Å²) in [4.78, 5) is 11.9. The van der Waals surface area contributed by atoms with Gasteiger partial charge in [-0.3, -0.25) is 0 Å². The molecule has 2 aliphatic rings. The fourth-order valence-corrected chi connectivity index (χ4v) is 3.89. The summed E-state index contributed by atoms with van der Waals surface area (Å²) in [7, 11) is 0. The van der Waals surface area contributed by atoms with E-state index in [9.17, 15) is 13.6 Å². The molecule has 0 bridgehead atoms. The Balaban J connectivity index is 1.95. The molecule has 6 heteroatoms. The molecule has 1 amide bonds. The van der Waals surface area contributed by atoms with E-state index in [1.54, 1.807) is 17.9 Å². The first-order valence-electron chi connectivity index (χ1n) is 7.90. The van der Waals surface area contributed by atoms with E-state index in [1.165, 1.54) is 6.92 Å². The maximum Gasteiger partial charge on any atom is 0.409 e. The molecule has 1 aliphatic heterocycles. The number of amides is 1. The predicted octanol–water partition coefficient (Wildman–Crippen LogP) is 3.89. The van der Waals surface area contributed by atoms with E-state index >= 15 is 0 Å². The van der Waals surface area contributed by atoms with Crippen molar-refractivity contribution in [1.82, 2.24) is 4.90 Å². The number of alkyl halides is 3. The molecule has 126 valence electrons. The van der Waals surface area contributed by atoms with Crippen LogP contribution in [0.4, 0.5) is 13.6 Å². The van der Waals surface area contributed by atoms with Crippen LogP contribution in [0.15, 0.2) is 12.1 Å². The summed E-state index contributed by atoms with van der Waals surface area (Å²) in [6, 6.07) is 3.66. The van der Waals surface area contributed by atoms with E-state index < -0.39 is 10.8 Å². The van der Waals surface area contributed by atoms with Gasteiger partial charge in [0.25, 0.3) is 5.92 Å². The van der Waals surface area contributed by atoms with Crippen molar-refractivity contribution >= 4 is 17.7 Å². The summed E-state index contributed by atoms with van der Waals surface area (Å²) in [5.41, 5.74) is 3.06. The van der Waals surface area contributed by atoms with E-state index in [1.807, 2.05) is 6.07 Å². The van der Waals surface area contributed by atoms with Gasteiger partial charge in [-0.2, -0.15) is 0 Å². The van der Waals surface area contributed by atoms with Gasteiger partial charge in [0, 0.05) is 19.5 Å². The molecule has 1 heterocycles. The number of nitrogens with zero attached hydrogens (tertiary/aromatic N) is 1. The second kappa shape index (κ2) is 5.62. The van der Waals surface area contributed by atoms with Gasteiger partial charge < -0.3 is 9.64 Å². The van der Waals surface area contributed by atoms with Crippen LogP contribution in [0, 0.1) is 0 Å². The van der Waals surface area contributed by atoms with Crippen molar-refractivity contribution in [3.05, 3.63) is 34.4 Å². The standard InChI is InChI=1S/C17H20ClF2NO2/c1-3-23-15(22)21-8-6-11-4-5-12-10-17(19,20)16(2,18)14(12)13(11)7-9-21/h4-5H,3,6-10H2,1-2H3. The van der Waals surface area contributed by atoms with Crippen molar-refractivity contribution in [3.8, 4) is 0 Å². The predicted molar refractivity (Wildman–Crippen MR) is 84.3 cm³/mol. The molecule has 0 fully saturated rings. The first-order valence-corrected chi connectivity index (χ1v) is 8.28. The van der Waals surface area contributed by atoms with Gasteiger partial charge in [0.05, 0.1) is 6.61 Å². The maximum atomic E-state index is 14.3. The third-order valence-electron chi connectivity index (χ3n) is 4.87. The normalized spacial score (nSPS) is 25.5. The van der Waals surface area contributed by atoms with Crippen molar-refractivity contribution in [2.24, 2.45) is 0 Å². The lowest BCUT2D eigenvalue weighted by Crippen LogP contribution is -2.35. The lowest BCUT2D eigenvalue weighted by atomic mass is 9.89. The number of carbonyl (C=O) groups excluding carboxylic acids is 1. The van der Waals surface area contributed by atoms with Crippen LogP contribution in [0.1, 0.15) is 36.1 Å². The molecule has 1 aromatic carbocycles. The number of benzene rings is 1. The Bertz CT molecular complexity index is 646. The Hall–Kier alpha value is -1.36. The molecular weight excluding hydrogens is 324 g/mol. The molecule has 1 aliphatic carbocycles. The minimum Gasteiger partial charge on any atom is -0.450 e. The van der Waals surface area contributed by atoms with Crippen molar-refractivity contribution < 1.29 is 18.3 Å². The average molecular weight is 344 g/mol. The summed E-state index contributed by atoms with van der Waals surface area (Å²) in [5, 5.41) is 0. The molecule has 3 rings (SSSR count). The van der Waals surface area contributed by atoms with Gasteiger partial charge in [-0.05, 0) is 48.9 Å². The maximum absolute atomic E-state index is 14.3. The van der Waals surface area contributed by atoms with E-state index in [-0.39, 0.29) is 12.5 Å². The van der Waals surface area contributed by atoms with Gasteiger partial charge in [0.1, 0.15) is 4.87 Å². The molecule has 0 saturated heterocycles. The zero-order chi connectivity index (χ0) is 16.8. The first kappa shape index (κ1) is 16.5. The number of carbonyl (C=O) groups is 1. The largest absolute Gasteiger partial charge is 0.450 e. The number of hydrogen-bond acceptors (Lipinski definition) is 2. The second-order valence-corrected chi connectivity index (χ2v) is 7.06. The van der Waals surface area contributed by atoms with Gasteiger partial charge in [0.2, 0.25) is 0 Å². The highest BCUT2D eigenvalue weighted by Crippen LogP contribution is 2.54. The Morgan fingerprint density at radius 3 is 2.65 bits per heavy atom. The lowest BCUT2D eigenvalue weighted by molar-refractivity contribution is -0.0263. The Kier molecular flexibility index (Phi) is 4.03. The Labute approximate surface area is 139 Å². The minimum atomic E-state index is -2.96. The molecule has 1 atom stereocenters. The van der Waals surface area contributed by atoms with Gasteiger partial charge >= 0.3 is 6.09 Å². The molecule has 0 spiro atoms. The smallest absolute Gasteiger partial charge is 0.409 e. The fourth-order valence-electron chi connectivity index (χ4n) is 3.59. The summed E-state index contributed by atoms with van der Waals surface area (Å²) >= 11 is 6.27. The number of rotatable bonds is 1. The summed E-state index contributed by atoms with van der Waals surface area (Å²) in [6.07, 6.45) is 0.475. The second-order valence-electron chi connectivity index (χ2n) is 6.31. The van der Waals surface area contributed by atoms with Gasteiger partial charge in [0.15, 0.2) is 0 Å². The van der Waals surface area contributed by atoms with Crippen molar-refractivity contribution in [2.75, 3.05) is 19.7 Å². The molecule has 0 N–H and O–H groups in total. The SMILES string of the molecule is CCOC(=O)N1CCc2ccc3c(c2CC1)C(C)(Cl)C(F)(F)C3. The van der Waals surface area contributed by atoms with Crippen LogP contribution in [-0.2, 0) is 28.9 Å². The van der Waals surface area contributed by atoms with E-state index in [0.29, 0.717) is 43.7 Å². The highest BCUT2D eigenvalue weighted by molar-refractivity contribution is 6.25. The average Bonchev–Trinajstić information content (AvgIpc) is 2.63. The van der Waals surface area contributed by atoms with Crippen molar-refractivity contribution in [2.45, 2.75) is 43.9 Å². The summed E-state index contributed by atoms with van der Waals surface area (Å²) in [6.45, 7) is 4.47. The van der Waals surface area contributed by atoms with Crippen molar-refractivity contribution in [1.29, 1.82) is 0 Å². The van der Waals surface area contributed by atoms with Crippen LogP contribution in [0.5, 0.6) is 0 Å². The number of fused-ring (bicyclic) bond motifs is 3. The van der Waals surface area contributed by atoms with Crippen LogP contribution in [0.3, 0.4) is 0 Å². The molecule has 3 nitrogen and oxygen atoms in total. The van der Waals surface area contributed by atoms with Crippen LogP contribution >= 0.6 is 11.6 Å². The first-order chi connectivity index (χ1) is 10.8. The minimum absolute atomic E-state index is 0.322. The van der Waals surface area contributed by atoms with E-state index in [4.69, 9.17) is 16.3 Å². The van der Waals surface area contributed by atoms with Crippen LogP contribution in [0.25, 0.3) is 0 Å². The Morgan fingerprint density at radius 2 is 1.96 bits per heavy atom. The molecular formula is C17H20ClF2NO2. The van der Waals surface area contributed by atoms with Crippen LogP contribution < -0.4 is 0 Å². The lowest BCUT2D eigenvalue weighted by Gasteiger charge is -2.27. The van der Waals surface area contributed by atoms with E-state index in [2.05, 4.69) is 0 Å². The van der Waals surface area contributed by atoms with Gasteiger partial charge in [-0.15, -0.1) is 11.6 Å². The monoisotopic (exact) mass is 343 g/mol. The van der Waals surface area contributed by atoms with Crippen LogP contribution in [-0.4, -0.2) is 36.6 Å². The quantitative estimate of drug-likeness (QED) is 0.724. The molecule has 0 aromatic heterocycles. The summed E-state index contributed by atoms with van der Waals surface area (Å²) < 4.78 is 33.6. The molecule has 0 saturated carbocycles. The zero-order valence-electron chi connectivity index (χ0n) is 13.3. The molecule has 23 heavy (non-hydrogen) atoms. The van der Waals surface area contributed by atoms with Gasteiger partial charge in [-0.1, -0.05) is 12.1 Å². The number of hydrogen-bond donors (Lipinski definition) is 0. The van der Waals surface area contributed by atoms with E-state index in [0.717, 1.165) is 11.1 Å². The molecule has 1 unspecified atom stereocenters. The number of halogens is 3. The zero-order valence-corrected chi connectivity index (χ0v) is 14.1. The highest BCUT2D eigenvalue weighted by atomic mass is 35.5. The third kappa shape index (κ3) is 2.59. The fraction of sp³-hybridized carbons (Fsp3) is 0.588. The summed E-state index contributed by atoms with van der Waals surface area (Å²) in [5.74, 6) is -2.96. The highest BCUT2D eigenvalue weighted by Gasteiger charge is 2.57. The topological polar surface area (TPSA) is 29.5 Å². The Morgan fingerprint density at radius 1 is 1.30 bits per heavy atom. The molecule has 1 aromatic rings. The van der Waals surface area contributed by atoms with Crippen molar-refractivity contribution in [3.63, 3.8) is 0 Å². The van der Waals surface area contributed by atoms with Crippen LogP contribution in [0.2, 0.25) is 0 Å². The molecule has 0 radical (unpaired) electrons. The number of ether oxygens (including phenoxy) is 1. The third-order valence-corrected chi connectivity index (χ3v) is 5.34. The van der Waals surface area contributed by atoms with Gasteiger partial charge in [-0.25, -0.2) is 13.6 Å².